The first-order valence-electron chi connectivity index (χ1n) is 5.75. The maximum Gasteiger partial charge on any atom is 0.138 e. The maximum atomic E-state index is 4.38. The number of nitrogens with zero attached hydrogens (tertiary/aromatic N) is 4. The van der Waals surface area contributed by atoms with Gasteiger partial charge in [0, 0.05) is 18.8 Å². The molecule has 0 bridgehead atoms. The van der Waals surface area contributed by atoms with Crippen LogP contribution >= 0.6 is 11.3 Å². The van der Waals surface area contributed by atoms with Crippen LogP contribution in [0.25, 0.3) is 0 Å². The van der Waals surface area contributed by atoms with Gasteiger partial charge in [-0.1, -0.05) is 6.92 Å². The molecule has 17 heavy (non-hydrogen) atoms. The summed E-state index contributed by atoms with van der Waals surface area (Å²) in [7, 11) is 1.92. The molecule has 0 fully saturated rings. The van der Waals surface area contributed by atoms with Gasteiger partial charge in [-0.15, -0.1) is 11.3 Å². The molecule has 0 aromatic carbocycles. The van der Waals surface area contributed by atoms with Crippen LogP contribution in [0.2, 0.25) is 0 Å². The van der Waals surface area contributed by atoms with E-state index in [1.807, 2.05) is 17.2 Å². The molecule has 92 valence electrons. The summed E-state index contributed by atoms with van der Waals surface area (Å²) in [5.74, 6) is 0.978. The molecule has 0 amide bonds. The van der Waals surface area contributed by atoms with Crippen molar-refractivity contribution in [2.24, 2.45) is 7.05 Å². The van der Waals surface area contributed by atoms with Gasteiger partial charge < -0.3 is 5.32 Å². The largest absolute Gasteiger partial charge is 0.308 e. The van der Waals surface area contributed by atoms with E-state index >= 15 is 0 Å². The summed E-state index contributed by atoms with van der Waals surface area (Å²) in [6.45, 7) is 3.15. The van der Waals surface area contributed by atoms with Gasteiger partial charge in [0.15, 0.2) is 0 Å². The Bertz CT molecular complexity index is 436. The van der Waals surface area contributed by atoms with E-state index in [4.69, 9.17) is 0 Å². The molecule has 2 aromatic rings. The summed E-state index contributed by atoms with van der Waals surface area (Å²) >= 11 is 1.62. The van der Waals surface area contributed by atoms with Crippen molar-refractivity contribution in [1.29, 1.82) is 0 Å². The summed E-state index contributed by atoms with van der Waals surface area (Å²) in [4.78, 5) is 8.64. The van der Waals surface area contributed by atoms with Gasteiger partial charge in [-0.25, -0.2) is 9.97 Å². The van der Waals surface area contributed by atoms with Crippen molar-refractivity contribution in [2.45, 2.75) is 25.8 Å². The Morgan fingerprint density at radius 2 is 2.35 bits per heavy atom. The van der Waals surface area contributed by atoms with Gasteiger partial charge in [-0.3, -0.25) is 4.68 Å². The Labute approximate surface area is 105 Å². The molecule has 0 aliphatic heterocycles. The third-order valence-electron chi connectivity index (χ3n) is 2.64. The molecule has 2 heterocycles. The number of hydrogen-bond acceptors (Lipinski definition) is 5. The van der Waals surface area contributed by atoms with Crippen LogP contribution < -0.4 is 5.32 Å². The van der Waals surface area contributed by atoms with E-state index in [-0.39, 0.29) is 6.04 Å². The van der Waals surface area contributed by atoms with Gasteiger partial charge in [0.1, 0.15) is 12.2 Å². The lowest BCUT2D eigenvalue weighted by Gasteiger charge is -2.15. The molecule has 0 saturated heterocycles. The van der Waals surface area contributed by atoms with E-state index in [2.05, 4.69) is 32.7 Å². The van der Waals surface area contributed by atoms with Gasteiger partial charge >= 0.3 is 0 Å². The second-order valence-corrected chi connectivity index (χ2v) is 4.64. The molecule has 2 rings (SSSR count). The van der Waals surface area contributed by atoms with Crippen LogP contribution in [0.5, 0.6) is 0 Å². The van der Waals surface area contributed by atoms with E-state index in [1.54, 1.807) is 17.7 Å². The first-order valence-corrected chi connectivity index (χ1v) is 6.70. The zero-order chi connectivity index (χ0) is 12.1. The Morgan fingerprint density at radius 1 is 1.47 bits per heavy atom. The van der Waals surface area contributed by atoms with E-state index in [1.165, 1.54) is 0 Å². The van der Waals surface area contributed by atoms with Gasteiger partial charge in [0.25, 0.3) is 0 Å². The summed E-state index contributed by atoms with van der Waals surface area (Å²) in [5, 5.41) is 9.68. The Morgan fingerprint density at radius 3 is 2.94 bits per heavy atom. The second kappa shape index (κ2) is 5.88. The zero-order valence-electron chi connectivity index (χ0n) is 10.1. The molecule has 0 saturated carbocycles. The Kier molecular flexibility index (Phi) is 4.22. The van der Waals surface area contributed by atoms with E-state index in [0.29, 0.717) is 0 Å². The van der Waals surface area contributed by atoms with Gasteiger partial charge in [0.2, 0.25) is 0 Å². The van der Waals surface area contributed by atoms with Gasteiger partial charge in [-0.05, 0) is 13.0 Å². The molecule has 5 nitrogen and oxygen atoms in total. The third kappa shape index (κ3) is 3.10. The highest BCUT2D eigenvalue weighted by Gasteiger charge is 2.15. The topological polar surface area (TPSA) is 55.6 Å². The molecule has 1 unspecified atom stereocenters. The van der Waals surface area contributed by atoms with Crippen molar-refractivity contribution < 1.29 is 0 Å². The van der Waals surface area contributed by atoms with Crippen LogP contribution in [0, 0.1) is 0 Å². The molecule has 1 N–H and O–H groups in total. The highest BCUT2D eigenvalue weighted by Crippen LogP contribution is 2.17. The molecule has 0 aliphatic carbocycles. The summed E-state index contributed by atoms with van der Waals surface area (Å²) in [6, 6.07) is 0.226. The minimum Gasteiger partial charge on any atom is -0.308 e. The van der Waals surface area contributed by atoms with Crippen LogP contribution in [0.3, 0.4) is 0 Å². The zero-order valence-corrected chi connectivity index (χ0v) is 10.9. The average molecular weight is 251 g/mol. The fourth-order valence-electron chi connectivity index (χ4n) is 1.68. The standard InChI is InChI=1S/C11H17N5S/c1-3-4-12-9(10-6-17-8-14-10)5-11-13-7-15-16(11)2/h6-9,12H,3-5H2,1-2H3. The van der Waals surface area contributed by atoms with Crippen LogP contribution in [0.4, 0.5) is 0 Å². The first-order chi connectivity index (χ1) is 8.31. The van der Waals surface area contributed by atoms with Gasteiger partial charge in [-0.2, -0.15) is 5.10 Å². The van der Waals surface area contributed by atoms with E-state index < -0.39 is 0 Å². The molecular weight excluding hydrogens is 234 g/mol. The predicted octanol–water partition coefficient (Wildman–Crippen LogP) is 1.55. The molecule has 2 aromatic heterocycles. The van der Waals surface area contributed by atoms with Crippen LogP contribution in [0.1, 0.15) is 30.9 Å². The summed E-state index contributed by atoms with van der Waals surface area (Å²) in [5.41, 5.74) is 2.96. The number of nitrogens with one attached hydrogen (secondary N) is 1. The quantitative estimate of drug-likeness (QED) is 0.846. The molecule has 0 radical (unpaired) electrons. The second-order valence-electron chi connectivity index (χ2n) is 3.92. The third-order valence-corrected chi connectivity index (χ3v) is 3.25. The maximum absolute atomic E-state index is 4.38. The fourth-order valence-corrected chi connectivity index (χ4v) is 2.29. The highest BCUT2D eigenvalue weighted by atomic mass is 32.1. The van der Waals surface area contributed by atoms with Crippen molar-refractivity contribution in [2.75, 3.05) is 6.54 Å². The SMILES string of the molecule is CCCNC(Cc1ncnn1C)c1cscn1. The summed E-state index contributed by atoms with van der Waals surface area (Å²) in [6.07, 6.45) is 3.52. The number of hydrogen-bond donors (Lipinski definition) is 1. The molecule has 0 aliphatic rings. The number of aromatic nitrogens is 4. The first kappa shape index (κ1) is 12.2. The van der Waals surface area contributed by atoms with Crippen molar-refractivity contribution in [3.05, 3.63) is 28.7 Å². The lowest BCUT2D eigenvalue weighted by Crippen LogP contribution is -2.25. The van der Waals surface area contributed by atoms with Crippen LogP contribution in [-0.4, -0.2) is 26.3 Å². The lowest BCUT2D eigenvalue weighted by molar-refractivity contribution is 0.498. The number of rotatable bonds is 6. The van der Waals surface area contributed by atoms with Gasteiger partial charge in [0.05, 0.1) is 17.2 Å². The average Bonchev–Trinajstić information content (AvgIpc) is 2.96. The van der Waals surface area contributed by atoms with Crippen LogP contribution in [-0.2, 0) is 13.5 Å². The minimum atomic E-state index is 0.226. The van der Waals surface area contributed by atoms with Crippen molar-refractivity contribution >= 4 is 11.3 Å². The number of thiazole rings is 1. The molecule has 0 spiro atoms. The van der Waals surface area contributed by atoms with Crippen molar-refractivity contribution in [1.82, 2.24) is 25.1 Å². The molecule has 6 heteroatoms. The normalized spacial score (nSPS) is 12.8. The molecule has 1 atom stereocenters. The van der Waals surface area contributed by atoms with E-state index in [9.17, 15) is 0 Å². The smallest absolute Gasteiger partial charge is 0.138 e. The molecular formula is C11H17N5S. The summed E-state index contributed by atoms with van der Waals surface area (Å²) < 4.78 is 1.81. The predicted molar refractivity (Wildman–Crippen MR) is 67.9 cm³/mol. The Hall–Kier alpha value is -1.27. The van der Waals surface area contributed by atoms with Crippen molar-refractivity contribution in [3.63, 3.8) is 0 Å². The van der Waals surface area contributed by atoms with Crippen LogP contribution in [0.15, 0.2) is 17.2 Å². The van der Waals surface area contributed by atoms with E-state index in [0.717, 1.165) is 30.9 Å². The lowest BCUT2D eigenvalue weighted by atomic mass is 10.1. The fraction of sp³-hybridized carbons (Fsp3) is 0.545. The minimum absolute atomic E-state index is 0.226. The monoisotopic (exact) mass is 251 g/mol. The van der Waals surface area contributed by atoms with Crippen molar-refractivity contribution in [3.8, 4) is 0 Å². The highest BCUT2D eigenvalue weighted by molar-refractivity contribution is 7.07. The number of aryl methyl sites for hydroxylation is 1. The Balaban J connectivity index is 2.08.